The van der Waals surface area contributed by atoms with Crippen molar-refractivity contribution in [2.24, 2.45) is 0 Å². The first kappa shape index (κ1) is 14.0. The van der Waals surface area contributed by atoms with Gasteiger partial charge < -0.3 is 5.32 Å². The van der Waals surface area contributed by atoms with Gasteiger partial charge in [0.1, 0.15) is 0 Å². The molecule has 0 atom stereocenters. The SMILES string of the molecule is CCCCS(=O)(=O)NCc1ccc2c(c1)CC(=O)N2. The Balaban J connectivity index is 1.98. The van der Waals surface area contributed by atoms with Crippen LogP contribution in [-0.4, -0.2) is 20.1 Å². The Morgan fingerprint density at radius 3 is 2.89 bits per heavy atom. The molecule has 1 heterocycles. The summed E-state index contributed by atoms with van der Waals surface area (Å²) in [7, 11) is -3.20. The average Bonchev–Trinajstić information content (AvgIpc) is 2.73. The van der Waals surface area contributed by atoms with Crippen LogP contribution in [0.3, 0.4) is 0 Å². The molecule has 2 N–H and O–H groups in total. The number of carbonyl (C=O) groups excluding carboxylic acids is 1. The van der Waals surface area contributed by atoms with E-state index in [0.29, 0.717) is 12.8 Å². The highest BCUT2D eigenvalue weighted by Gasteiger charge is 2.17. The number of anilines is 1. The molecule has 1 aromatic carbocycles. The minimum absolute atomic E-state index is 0.0179. The maximum Gasteiger partial charge on any atom is 0.228 e. The minimum atomic E-state index is -3.20. The Morgan fingerprint density at radius 2 is 2.16 bits per heavy atom. The lowest BCUT2D eigenvalue weighted by atomic mass is 10.1. The Hall–Kier alpha value is -1.40. The summed E-state index contributed by atoms with van der Waals surface area (Å²) < 4.78 is 25.9. The maximum absolute atomic E-state index is 11.7. The van der Waals surface area contributed by atoms with Crippen LogP contribution in [0.5, 0.6) is 0 Å². The molecule has 1 aliphatic heterocycles. The summed E-state index contributed by atoms with van der Waals surface area (Å²) in [5, 5.41) is 2.75. The van der Waals surface area contributed by atoms with Crippen LogP contribution in [-0.2, 0) is 27.8 Å². The number of hydrogen-bond donors (Lipinski definition) is 2. The number of nitrogens with one attached hydrogen (secondary N) is 2. The van der Waals surface area contributed by atoms with Crippen molar-refractivity contribution in [3.63, 3.8) is 0 Å². The largest absolute Gasteiger partial charge is 0.326 e. The zero-order valence-electron chi connectivity index (χ0n) is 10.9. The topological polar surface area (TPSA) is 75.3 Å². The lowest BCUT2D eigenvalue weighted by molar-refractivity contribution is -0.115. The van der Waals surface area contributed by atoms with Crippen LogP contribution in [0.15, 0.2) is 18.2 Å². The summed E-state index contributed by atoms with van der Waals surface area (Å²) in [6.07, 6.45) is 1.89. The first-order valence-corrected chi connectivity index (χ1v) is 8.04. The summed E-state index contributed by atoms with van der Waals surface area (Å²) in [6, 6.07) is 5.51. The van der Waals surface area contributed by atoms with Crippen LogP contribution in [0.2, 0.25) is 0 Å². The van der Waals surface area contributed by atoms with Gasteiger partial charge in [-0.1, -0.05) is 25.5 Å². The van der Waals surface area contributed by atoms with E-state index in [0.717, 1.165) is 23.2 Å². The maximum atomic E-state index is 11.7. The number of fused-ring (bicyclic) bond motifs is 1. The van der Waals surface area contributed by atoms with E-state index in [1.165, 1.54) is 0 Å². The van der Waals surface area contributed by atoms with Gasteiger partial charge in [-0.25, -0.2) is 13.1 Å². The summed E-state index contributed by atoms with van der Waals surface area (Å²) in [6.45, 7) is 2.23. The standard InChI is InChI=1S/C13H18N2O3S/c1-2-3-6-19(17,18)14-9-10-4-5-12-11(7-10)8-13(16)15-12/h4-5,7,14H,2-3,6,8-9H2,1H3,(H,15,16). The first-order chi connectivity index (χ1) is 9.00. The molecular weight excluding hydrogens is 264 g/mol. The van der Waals surface area contributed by atoms with Gasteiger partial charge in [0, 0.05) is 12.2 Å². The van der Waals surface area contributed by atoms with Crippen molar-refractivity contribution in [1.29, 1.82) is 0 Å². The van der Waals surface area contributed by atoms with Crippen LogP contribution >= 0.6 is 0 Å². The zero-order chi connectivity index (χ0) is 13.9. The van der Waals surface area contributed by atoms with Crippen LogP contribution in [0.4, 0.5) is 5.69 Å². The molecule has 6 heteroatoms. The molecule has 1 aromatic rings. The van der Waals surface area contributed by atoms with Crippen molar-refractivity contribution in [1.82, 2.24) is 4.72 Å². The van der Waals surface area contributed by atoms with Gasteiger partial charge in [-0.3, -0.25) is 4.79 Å². The molecule has 0 aromatic heterocycles. The van der Waals surface area contributed by atoms with Crippen LogP contribution in [0, 0.1) is 0 Å². The molecule has 0 spiro atoms. The molecule has 0 saturated heterocycles. The monoisotopic (exact) mass is 282 g/mol. The van der Waals surface area contributed by atoms with E-state index in [1.807, 2.05) is 25.1 Å². The Bertz CT molecular complexity index is 582. The van der Waals surface area contributed by atoms with Gasteiger partial charge in [-0.15, -0.1) is 0 Å². The summed E-state index contributed by atoms with van der Waals surface area (Å²) >= 11 is 0. The second-order valence-corrected chi connectivity index (χ2v) is 6.64. The predicted molar refractivity (Wildman–Crippen MR) is 74.3 cm³/mol. The zero-order valence-corrected chi connectivity index (χ0v) is 11.7. The van der Waals surface area contributed by atoms with Crippen molar-refractivity contribution in [2.45, 2.75) is 32.7 Å². The van der Waals surface area contributed by atoms with E-state index in [-0.39, 0.29) is 18.2 Å². The highest BCUT2D eigenvalue weighted by Crippen LogP contribution is 2.23. The van der Waals surface area contributed by atoms with Crippen LogP contribution < -0.4 is 10.0 Å². The molecule has 5 nitrogen and oxygen atoms in total. The van der Waals surface area contributed by atoms with Crippen molar-refractivity contribution < 1.29 is 13.2 Å². The van der Waals surface area contributed by atoms with E-state index in [2.05, 4.69) is 10.0 Å². The molecule has 1 amide bonds. The molecule has 0 fully saturated rings. The van der Waals surface area contributed by atoms with E-state index in [4.69, 9.17) is 0 Å². The molecule has 0 saturated carbocycles. The van der Waals surface area contributed by atoms with E-state index >= 15 is 0 Å². The predicted octanol–water partition coefficient (Wildman–Crippen LogP) is 1.40. The van der Waals surface area contributed by atoms with Gasteiger partial charge in [0.25, 0.3) is 0 Å². The van der Waals surface area contributed by atoms with Gasteiger partial charge in [0.2, 0.25) is 15.9 Å². The van der Waals surface area contributed by atoms with Gasteiger partial charge in [0.05, 0.1) is 12.2 Å². The molecule has 0 unspecified atom stereocenters. The van der Waals surface area contributed by atoms with E-state index in [9.17, 15) is 13.2 Å². The number of unbranched alkanes of at least 4 members (excludes halogenated alkanes) is 1. The van der Waals surface area contributed by atoms with Gasteiger partial charge in [0.15, 0.2) is 0 Å². The van der Waals surface area contributed by atoms with Gasteiger partial charge in [-0.05, 0) is 23.6 Å². The first-order valence-electron chi connectivity index (χ1n) is 6.39. The fourth-order valence-corrected chi connectivity index (χ4v) is 3.19. The van der Waals surface area contributed by atoms with Crippen molar-refractivity contribution in [3.05, 3.63) is 29.3 Å². The Labute approximate surface area is 113 Å². The van der Waals surface area contributed by atoms with Gasteiger partial charge in [-0.2, -0.15) is 0 Å². The van der Waals surface area contributed by atoms with Crippen LogP contribution in [0.25, 0.3) is 0 Å². The number of benzene rings is 1. The lowest BCUT2D eigenvalue weighted by Gasteiger charge is -2.07. The second-order valence-electron chi connectivity index (χ2n) is 4.71. The minimum Gasteiger partial charge on any atom is -0.326 e. The molecule has 19 heavy (non-hydrogen) atoms. The van der Waals surface area contributed by atoms with E-state index < -0.39 is 10.0 Å². The number of rotatable bonds is 6. The van der Waals surface area contributed by atoms with Gasteiger partial charge >= 0.3 is 0 Å². The van der Waals surface area contributed by atoms with Crippen LogP contribution in [0.1, 0.15) is 30.9 Å². The highest BCUT2D eigenvalue weighted by molar-refractivity contribution is 7.89. The molecular formula is C13H18N2O3S. The average molecular weight is 282 g/mol. The fourth-order valence-electron chi connectivity index (χ4n) is 1.99. The molecule has 0 bridgehead atoms. The fraction of sp³-hybridized carbons (Fsp3) is 0.462. The number of sulfonamides is 1. The quantitative estimate of drug-likeness (QED) is 0.828. The third-order valence-electron chi connectivity index (χ3n) is 3.06. The third-order valence-corrected chi connectivity index (χ3v) is 4.47. The molecule has 0 aliphatic carbocycles. The number of carbonyl (C=O) groups is 1. The number of amides is 1. The lowest BCUT2D eigenvalue weighted by Crippen LogP contribution is -2.25. The Morgan fingerprint density at radius 1 is 1.37 bits per heavy atom. The second kappa shape index (κ2) is 5.71. The smallest absolute Gasteiger partial charge is 0.228 e. The third kappa shape index (κ3) is 3.78. The van der Waals surface area contributed by atoms with Crippen molar-refractivity contribution in [3.8, 4) is 0 Å². The van der Waals surface area contributed by atoms with Crippen molar-refractivity contribution >= 4 is 21.6 Å². The summed E-state index contributed by atoms with van der Waals surface area (Å²) in [5.41, 5.74) is 2.62. The molecule has 104 valence electrons. The molecule has 2 rings (SSSR count). The number of hydrogen-bond acceptors (Lipinski definition) is 3. The summed E-state index contributed by atoms with van der Waals surface area (Å²) in [4.78, 5) is 11.2. The normalized spacial score (nSPS) is 14.3. The molecule has 0 radical (unpaired) electrons. The Kier molecular flexibility index (Phi) is 4.21. The van der Waals surface area contributed by atoms with E-state index in [1.54, 1.807) is 0 Å². The molecule has 1 aliphatic rings. The summed E-state index contributed by atoms with van der Waals surface area (Å²) in [5.74, 6) is 0.143. The van der Waals surface area contributed by atoms with Crippen molar-refractivity contribution in [2.75, 3.05) is 11.1 Å². The highest BCUT2D eigenvalue weighted by atomic mass is 32.2.